The molecule has 0 N–H and O–H groups in total. The third kappa shape index (κ3) is 3.22. The summed E-state index contributed by atoms with van der Waals surface area (Å²) >= 11 is 0. The SMILES string of the molecule is CCC(CC=O)c1ccc(N(C)C)cc1OC. The molecule has 1 aromatic rings. The second-order valence-corrected chi connectivity index (χ2v) is 4.33. The maximum atomic E-state index is 10.7. The minimum Gasteiger partial charge on any atom is -0.496 e. The molecule has 0 bridgehead atoms. The van der Waals surface area contributed by atoms with Crippen molar-refractivity contribution in [2.75, 3.05) is 26.1 Å². The first-order valence-electron chi connectivity index (χ1n) is 5.92. The summed E-state index contributed by atoms with van der Waals surface area (Å²) in [6.07, 6.45) is 2.47. The minimum atomic E-state index is 0.249. The molecule has 0 fully saturated rings. The van der Waals surface area contributed by atoms with Gasteiger partial charge in [0.1, 0.15) is 12.0 Å². The van der Waals surface area contributed by atoms with Gasteiger partial charge in [0.05, 0.1) is 7.11 Å². The highest BCUT2D eigenvalue weighted by Gasteiger charge is 2.14. The van der Waals surface area contributed by atoms with E-state index in [9.17, 15) is 4.79 Å². The Labute approximate surface area is 103 Å². The van der Waals surface area contributed by atoms with Gasteiger partial charge in [0.25, 0.3) is 0 Å². The lowest BCUT2D eigenvalue weighted by atomic mass is 9.92. The molecule has 0 aromatic heterocycles. The van der Waals surface area contributed by atoms with Crippen LogP contribution in [0, 0.1) is 0 Å². The molecular formula is C14H21NO2. The van der Waals surface area contributed by atoms with Crippen LogP contribution in [-0.2, 0) is 4.79 Å². The third-order valence-corrected chi connectivity index (χ3v) is 3.05. The van der Waals surface area contributed by atoms with Gasteiger partial charge in [-0.25, -0.2) is 0 Å². The van der Waals surface area contributed by atoms with Gasteiger partial charge < -0.3 is 14.4 Å². The van der Waals surface area contributed by atoms with Gasteiger partial charge in [-0.2, -0.15) is 0 Å². The van der Waals surface area contributed by atoms with Crippen LogP contribution in [0.5, 0.6) is 5.75 Å². The Morgan fingerprint density at radius 1 is 1.41 bits per heavy atom. The van der Waals surface area contributed by atoms with Crippen molar-refractivity contribution in [3.8, 4) is 5.75 Å². The Hall–Kier alpha value is -1.51. The first-order chi connectivity index (χ1) is 8.13. The fraction of sp³-hybridized carbons (Fsp3) is 0.500. The molecule has 0 amide bonds. The monoisotopic (exact) mass is 235 g/mol. The molecule has 17 heavy (non-hydrogen) atoms. The number of rotatable bonds is 6. The molecule has 0 saturated carbocycles. The fourth-order valence-electron chi connectivity index (χ4n) is 1.94. The molecule has 3 heteroatoms. The zero-order chi connectivity index (χ0) is 12.8. The topological polar surface area (TPSA) is 29.5 Å². The van der Waals surface area contributed by atoms with Crippen LogP contribution in [0.1, 0.15) is 31.2 Å². The van der Waals surface area contributed by atoms with Crippen molar-refractivity contribution in [1.29, 1.82) is 0 Å². The van der Waals surface area contributed by atoms with Crippen molar-refractivity contribution in [2.45, 2.75) is 25.7 Å². The summed E-state index contributed by atoms with van der Waals surface area (Å²) in [7, 11) is 5.67. The summed E-state index contributed by atoms with van der Waals surface area (Å²) in [5.74, 6) is 1.11. The lowest BCUT2D eigenvalue weighted by Crippen LogP contribution is -2.09. The summed E-state index contributed by atoms with van der Waals surface area (Å²) in [4.78, 5) is 12.7. The fourth-order valence-corrected chi connectivity index (χ4v) is 1.94. The van der Waals surface area contributed by atoms with E-state index < -0.39 is 0 Å². The second-order valence-electron chi connectivity index (χ2n) is 4.33. The molecule has 94 valence electrons. The van der Waals surface area contributed by atoms with Crippen LogP contribution < -0.4 is 9.64 Å². The van der Waals surface area contributed by atoms with Crippen LogP contribution in [-0.4, -0.2) is 27.5 Å². The van der Waals surface area contributed by atoms with Gasteiger partial charge in [-0.05, 0) is 24.0 Å². The van der Waals surface area contributed by atoms with Gasteiger partial charge in [-0.1, -0.05) is 13.0 Å². The van der Waals surface area contributed by atoms with E-state index in [1.165, 1.54) is 0 Å². The summed E-state index contributed by atoms with van der Waals surface area (Å²) in [6, 6.07) is 6.14. The molecule has 0 aliphatic carbocycles. The number of aldehydes is 1. The van der Waals surface area contributed by atoms with E-state index in [-0.39, 0.29) is 5.92 Å². The average Bonchev–Trinajstić information content (AvgIpc) is 2.35. The zero-order valence-corrected chi connectivity index (χ0v) is 11.1. The predicted molar refractivity (Wildman–Crippen MR) is 71.0 cm³/mol. The van der Waals surface area contributed by atoms with Gasteiger partial charge in [0, 0.05) is 32.3 Å². The summed E-state index contributed by atoms with van der Waals surface area (Å²) in [5, 5.41) is 0. The highest BCUT2D eigenvalue weighted by atomic mass is 16.5. The summed E-state index contributed by atoms with van der Waals surface area (Å²) < 4.78 is 5.42. The van der Waals surface area contributed by atoms with Gasteiger partial charge in [0.2, 0.25) is 0 Å². The summed E-state index contributed by atoms with van der Waals surface area (Å²) in [5.41, 5.74) is 2.22. The Bertz CT molecular complexity index is 374. The van der Waals surface area contributed by atoms with Gasteiger partial charge in [-0.3, -0.25) is 0 Å². The van der Waals surface area contributed by atoms with Crippen molar-refractivity contribution in [3.63, 3.8) is 0 Å². The smallest absolute Gasteiger partial charge is 0.124 e. The van der Waals surface area contributed by atoms with Crippen LogP contribution in [0.2, 0.25) is 0 Å². The van der Waals surface area contributed by atoms with E-state index >= 15 is 0 Å². The largest absolute Gasteiger partial charge is 0.496 e. The first-order valence-corrected chi connectivity index (χ1v) is 5.92. The standard InChI is InChI=1S/C14H21NO2/c1-5-11(8-9-16)13-7-6-12(15(2)3)10-14(13)17-4/h6-7,9-11H,5,8H2,1-4H3. The van der Waals surface area contributed by atoms with Crippen molar-refractivity contribution in [2.24, 2.45) is 0 Å². The zero-order valence-electron chi connectivity index (χ0n) is 11.1. The number of ether oxygens (including phenoxy) is 1. The molecule has 0 aliphatic heterocycles. The normalized spacial score (nSPS) is 12.0. The van der Waals surface area contributed by atoms with Crippen molar-refractivity contribution >= 4 is 12.0 Å². The van der Waals surface area contributed by atoms with Crippen LogP contribution in [0.15, 0.2) is 18.2 Å². The lowest BCUT2D eigenvalue weighted by molar-refractivity contribution is -0.108. The number of carbonyl (C=O) groups is 1. The molecule has 3 nitrogen and oxygen atoms in total. The van der Waals surface area contributed by atoms with Crippen LogP contribution in [0.3, 0.4) is 0 Å². The Kier molecular flexibility index (Phi) is 5.01. The van der Waals surface area contributed by atoms with E-state index in [0.717, 1.165) is 29.7 Å². The van der Waals surface area contributed by atoms with Crippen LogP contribution >= 0.6 is 0 Å². The molecular weight excluding hydrogens is 214 g/mol. The lowest BCUT2D eigenvalue weighted by Gasteiger charge is -2.19. The number of anilines is 1. The highest BCUT2D eigenvalue weighted by Crippen LogP contribution is 2.33. The quantitative estimate of drug-likeness (QED) is 0.710. The Balaban J connectivity index is 3.10. The van der Waals surface area contributed by atoms with Crippen LogP contribution in [0.25, 0.3) is 0 Å². The number of methoxy groups -OCH3 is 1. The molecule has 1 atom stereocenters. The number of hydrogen-bond donors (Lipinski definition) is 0. The molecule has 0 spiro atoms. The molecule has 0 saturated heterocycles. The second kappa shape index (κ2) is 6.28. The number of nitrogens with zero attached hydrogens (tertiary/aromatic N) is 1. The van der Waals surface area contributed by atoms with Crippen molar-refractivity contribution in [1.82, 2.24) is 0 Å². The molecule has 0 aliphatic rings. The van der Waals surface area contributed by atoms with Crippen molar-refractivity contribution in [3.05, 3.63) is 23.8 Å². The van der Waals surface area contributed by atoms with E-state index in [2.05, 4.69) is 19.1 Å². The predicted octanol–water partition coefficient (Wildman–Crippen LogP) is 2.84. The van der Waals surface area contributed by atoms with Gasteiger partial charge >= 0.3 is 0 Å². The third-order valence-electron chi connectivity index (χ3n) is 3.05. The van der Waals surface area contributed by atoms with Crippen LogP contribution in [0.4, 0.5) is 5.69 Å². The first kappa shape index (κ1) is 13.6. The number of benzene rings is 1. The number of hydrogen-bond acceptors (Lipinski definition) is 3. The van der Waals surface area contributed by atoms with Gasteiger partial charge in [-0.15, -0.1) is 0 Å². The van der Waals surface area contributed by atoms with E-state index in [0.29, 0.717) is 6.42 Å². The van der Waals surface area contributed by atoms with E-state index in [1.807, 2.05) is 25.1 Å². The van der Waals surface area contributed by atoms with E-state index in [1.54, 1.807) is 7.11 Å². The Morgan fingerprint density at radius 2 is 2.12 bits per heavy atom. The molecule has 1 aromatic carbocycles. The molecule has 1 rings (SSSR count). The maximum absolute atomic E-state index is 10.7. The average molecular weight is 235 g/mol. The molecule has 0 heterocycles. The molecule has 1 unspecified atom stereocenters. The van der Waals surface area contributed by atoms with Crippen molar-refractivity contribution < 1.29 is 9.53 Å². The number of carbonyl (C=O) groups excluding carboxylic acids is 1. The summed E-state index contributed by atoms with van der Waals surface area (Å²) in [6.45, 7) is 2.09. The molecule has 0 radical (unpaired) electrons. The Morgan fingerprint density at radius 3 is 2.59 bits per heavy atom. The van der Waals surface area contributed by atoms with Gasteiger partial charge in [0.15, 0.2) is 0 Å². The minimum absolute atomic E-state index is 0.249. The highest BCUT2D eigenvalue weighted by molar-refractivity contribution is 5.57. The van der Waals surface area contributed by atoms with E-state index in [4.69, 9.17) is 4.74 Å². The maximum Gasteiger partial charge on any atom is 0.124 e.